The third kappa shape index (κ3) is 2.73. The summed E-state index contributed by atoms with van der Waals surface area (Å²) < 4.78 is 7.07. The van der Waals surface area contributed by atoms with Crippen LogP contribution in [-0.4, -0.2) is 57.9 Å². The zero-order valence-corrected chi connectivity index (χ0v) is 14.7. The average molecular weight is 339 g/mol. The summed E-state index contributed by atoms with van der Waals surface area (Å²) in [7, 11) is 1.64. The van der Waals surface area contributed by atoms with Crippen LogP contribution in [0.1, 0.15) is 11.3 Å². The van der Waals surface area contributed by atoms with Crippen LogP contribution < -0.4 is 14.5 Å². The van der Waals surface area contributed by atoms with Crippen molar-refractivity contribution in [2.75, 3.05) is 43.1 Å². The molecule has 8 nitrogen and oxygen atoms in total. The Morgan fingerprint density at radius 3 is 2.52 bits per heavy atom. The second-order valence-corrected chi connectivity index (χ2v) is 6.13. The first-order valence-electron chi connectivity index (χ1n) is 8.35. The zero-order valence-electron chi connectivity index (χ0n) is 14.7. The first kappa shape index (κ1) is 15.6. The highest BCUT2D eigenvalue weighted by Gasteiger charge is 2.23. The van der Waals surface area contributed by atoms with E-state index in [9.17, 15) is 0 Å². The van der Waals surface area contributed by atoms with E-state index in [1.807, 2.05) is 29.6 Å². The van der Waals surface area contributed by atoms with Gasteiger partial charge in [-0.15, -0.1) is 0 Å². The first-order chi connectivity index (χ1) is 12.2. The van der Waals surface area contributed by atoms with Crippen molar-refractivity contribution in [3.05, 3.63) is 35.8 Å². The Bertz CT molecular complexity index is 899. The van der Waals surface area contributed by atoms with Gasteiger partial charge < -0.3 is 14.5 Å². The molecule has 0 saturated carbocycles. The minimum Gasteiger partial charge on any atom is -0.481 e. The van der Waals surface area contributed by atoms with Crippen LogP contribution in [0, 0.1) is 13.8 Å². The Labute approximate surface area is 146 Å². The number of rotatable bonds is 3. The van der Waals surface area contributed by atoms with Crippen molar-refractivity contribution in [1.29, 1.82) is 0 Å². The maximum Gasteiger partial charge on any atom is 0.254 e. The van der Waals surface area contributed by atoms with Gasteiger partial charge in [-0.05, 0) is 19.9 Å². The molecule has 1 saturated heterocycles. The topological polar surface area (TPSA) is 71.7 Å². The van der Waals surface area contributed by atoms with Crippen molar-refractivity contribution in [2.24, 2.45) is 0 Å². The van der Waals surface area contributed by atoms with Crippen molar-refractivity contribution in [1.82, 2.24) is 24.6 Å². The lowest BCUT2D eigenvalue weighted by Gasteiger charge is -2.37. The molecular formula is C17H21N7O. The van der Waals surface area contributed by atoms with Crippen LogP contribution in [-0.2, 0) is 0 Å². The number of methoxy groups -OCH3 is 1. The fraction of sp³-hybridized carbons (Fsp3) is 0.412. The molecule has 1 aliphatic heterocycles. The average Bonchev–Trinajstić information content (AvgIpc) is 3.10. The van der Waals surface area contributed by atoms with E-state index in [2.05, 4.69) is 36.8 Å². The summed E-state index contributed by atoms with van der Waals surface area (Å²) in [6.07, 6.45) is 1.56. The number of hydrogen-bond acceptors (Lipinski definition) is 7. The Balaban J connectivity index is 1.58. The highest BCUT2D eigenvalue weighted by atomic mass is 16.5. The van der Waals surface area contributed by atoms with Crippen molar-refractivity contribution in [3.63, 3.8) is 0 Å². The Kier molecular flexibility index (Phi) is 3.87. The van der Waals surface area contributed by atoms with Gasteiger partial charge in [-0.3, -0.25) is 0 Å². The molecule has 130 valence electrons. The van der Waals surface area contributed by atoms with Crippen LogP contribution >= 0.6 is 0 Å². The van der Waals surface area contributed by atoms with E-state index < -0.39 is 0 Å². The molecule has 1 aliphatic rings. The summed E-state index contributed by atoms with van der Waals surface area (Å²) in [6.45, 7) is 7.66. The van der Waals surface area contributed by atoms with Gasteiger partial charge in [0.1, 0.15) is 18.0 Å². The Hall–Kier alpha value is -2.90. The molecule has 4 heterocycles. The van der Waals surface area contributed by atoms with E-state index in [1.165, 1.54) is 0 Å². The maximum absolute atomic E-state index is 5.23. The lowest BCUT2D eigenvalue weighted by molar-refractivity contribution is 0.397. The molecular weight excluding hydrogens is 318 g/mol. The number of nitrogens with zero attached hydrogens (tertiary/aromatic N) is 7. The zero-order chi connectivity index (χ0) is 17.4. The first-order valence-corrected chi connectivity index (χ1v) is 8.35. The maximum atomic E-state index is 5.23. The second kappa shape index (κ2) is 6.19. The molecule has 0 amide bonds. The van der Waals surface area contributed by atoms with Crippen molar-refractivity contribution in [2.45, 2.75) is 13.8 Å². The van der Waals surface area contributed by atoms with E-state index in [-0.39, 0.29) is 0 Å². The molecule has 0 aliphatic carbocycles. The summed E-state index contributed by atoms with van der Waals surface area (Å²) in [5, 5.41) is 4.35. The van der Waals surface area contributed by atoms with Gasteiger partial charge in [0.25, 0.3) is 5.78 Å². The Morgan fingerprint density at radius 2 is 1.76 bits per heavy atom. The number of piperazine rings is 1. The van der Waals surface area contributed by atoms with Gasteiger partial charge >= 0.3 is 0 Å². The molecule has 3 aromatic rings. The van der Waals surface area contributed by atoms with E-state index in [0.29, 0.717) is 11.7 Å². The van der Waals surface area contributed by atoms with Crippen molar-refractivity contribution >= 4 is 17.4 Å². The molecule has 8 heteroatoms. The molecule has 3 aromatic heterocycles. The SMILES string of the molecule is COc1cccc(N2CCN(c3c(C)c(C)nc4ncnn34)CC2)n1. The van der Waals surface area contributed by atoms with Gasteiger partial charge in [0, 0.05) is 43.5 Å². The number of fused-ring (bicyclic) bond motifs is 1. The lowest BCUT2D eigenvalue weighted by Crippen LogP contribution is -2.47. The van der Waals surface area contributed by atoms with Crippen LogP contribution in [0.2, 0.25) is 0 Å². The summed E-state index contributed by atoms with van der Waals surface area (Å²) in [5.74, 6) is 3.32. The fourth-order valence-corrected chi connectivity index (χ4v) is 3.23. The molecule has 0 spiro atoms. The number of aryl methyl sites for hydroxylation is 1. The van der Waals surface area contributed by atoms with Gasteiger partial charge in [-0.1, -0.05) is 6.07 Å². The fourth-order valence-electron chi connectivity index (χ4n) is 3.23. The minimum absolute atomic E-state index is 0.643. The third-order valence-electron chi connectivity index (χ3n) is 4.70. The summed E-state index contributed by atoms with van der Waals surface area (Å²) in [4.78, 5) is 17.9. The highest BCUT2D eigenvalue weighted by molar-refractivity contribution is 5.55. The molecule has 0 radical (unpaired) electrons. The number of pyridine rings is 1. The molecule has 0 N–H and O–H groups in total. The van der Waals surface area contributed by atoms with Crippen LogP contribution in [0.25, 0.3) is 5.78 Å². The minimum atomic E-state index is 0.643. The van der Waals surface area contributed by atoms with Gasteiger partial charge in [0.15, 0.2) is 0 Å². The summed E-state index contributed by atoms with van der Waals surface area (Å²) >= 11 is 0. The largest absolute Gasteiger partial charge is 0.481 e. The summed E-state index contributed by atoms with van der Waals surface area (Å²) in [5.41, 5.74) is 2.14. The number of ether oxygens (including phenoxy) is 1. The number of anilines is 2. The molecule has 0 atom stereocenters. The predicted octanol–water partition coefficient (Wildman–Crippen LogP) is 1.47. The van der Waals surface area contributed by atoms with Crippen molar-refractivity contribution < 1.29 is 4.74 Å². The van der Waals surface area contributed by atoms with E-state index >= 15 is 0 Å². The molecule has 25 heavy (non-hydrogen) atoms. The molecule has 0 bridgehead atoms. The number of aromatic nitrogens is 5. The predicted molar refractivity (Wildman–Crippen MR) is 95.5 cm³/mol. The molecule has 0 unspecified atom stereocenters. The smallest absolute Gasteiger partial charge is 0.254 e. The standard InChI is InChI=1S/C17H21N7O/c1-12-13(2)20-17-18-11-19-24(17)16(12)23-9-7-22(8-10-23)14-5-4-6-15(21-14)25-3/h4-6,11H,7-10H2,1-3H3. The van der Waals surface area contributed by atoms with Gasteiger partial charge in [0.2, 0.25) is 5.88 Å². The lowest BCUT2D eigenvalue weighted by atomic mass is 10.2. The highest BCUT2D eigenvalue weighted by Crippen LogP contribution is 2.25. The summed E-state index contributed by atoms with van der Waals surface area (Å²) in [6, 6.07) is 5.86. The van der Waals surface area contributed by atoms with E-state index in [4.69, 9.17) is 4.74 Å². The third-order valence-corrected chi connectivity index (χ3v) is 4.70. The molecule has 4 rings (SSSR count). The Morgan fingerprint density at radius 1 is 1.00 bits per heavy atom. The van der Waals surface area contributed by atoms with Gasteiger partial charge in [0.05, 0.1) is 7.11 Å². The van der Waals surface area contributed by atoms with Crippen LogP contribution in [0.4, 0.5) is 11.6 Å². The quantitative estimate of drug-likeness (QED) is 0.715. The molecule has 1 fully saturated rings. The van der Waals surface area contributed by atoms with Gasteiger partial charge in [-0.25, -0.2) is 4.98 Å². The normalized spacial score (nSPS) is 15.0. The second-order valence-electron chi connectivity index (χ2n) is 6.13. The molecule has 0 aromatic carbocycles. The van der Waals surface area contributed by atoms with Crippen LogP contribution in [0.15, 0.2) is 24.5 Å². The monoisotopic (exact) mass is 339 g/mol. The van der Waals surface area contributed by atoms with Crippen LogP contribution in [0.5, 0.6) is 5.88 Å². The van der Waals surface area contributed by atoms with Gasteiger partial charge in [-0.2, -0.15) is 19.6 Å². The van der Waals surface area contributed by atoms with E-state index in [1.54, 1.807) is 13.4 Å². The van der Waals surface area contributed by atoms with Crippen molar-refractivity contribution in [3.8, 4) is 5.88 Å². The van der Waals surface area contributed by atoms with Crippen LogP contribution in [0.3, 0.4) is 0 Å². The van der Waals surface area contributed by atoms with E-state index in [0.717, 1.165) is 49.1 Å². The number of hydrogen-bond donors (Lipinski definition) is 0.